The average Bonchev–Trinajstić information content (AvgIpc) is 2.82. The molecule has 4 rings (SSSR count). The first-order valence-corrected chi connectivity index (χ1v) is 12.4. The Balaban J connectivity index is 1.68. The summed E-state index contributed by atoms with van der Waals surface area (Å²) in [5.41, 5.74) is 3.54. The van der Waals surface area contributed by atoms with Crippen molar-refractivity contribution < 1.29 is 17.9 Å². The molecule has 4 N–H and O–H groups in total. The van der Waals surface area contributed by atoms with Gasteiger partial charge in [0, 0.05) is 23.2 Å². The van der Waals surface area contributed by atoms with E-state index >= 15 is 0 Å². The van der Waals surface area contributed by atoms with Crippen molar-refractivity contribution in [2.75, 3.05) is 17.2 Å². The summed E-state index contributed by atoms with van der Waals surface area (Å²) in [4.78, 5) is 25.6. The summed E-state index contributed by atoms with van der Waals surface area (Å²) in [7, 11) is -3.77. The number of rotatable bonds is 7. The SMILES string of the molecule is CCOC(=O)Nc1cc(NCc2ccc(S(N)(=O)=O)cc2)c2ncc(-c3ccc(Cl)cc3)nc2n1. The van der Waals surface area contributed by atoms with Crippen LogP contribution in [-0.4, -0.2) is 36.1 Å². The molecular formula is C23H21ClN6O4S. The summed E-state index contributed by atoms with van der Waals surface area (Å²) in [5, 5.41) is 11.6. The summed E-state index contributed by atoms with van der Waals surface area (Å²) >= 11 is 5.98. The number of carbonyl (C=O) groups excluding carboxylic acids is 1. The minimum Gasteiger partial charge on any atom is -0.450 e. The Kier molecular flexibility index (Phi) is 7.10. The van der Waals surface area contributed by atoms with Crippen molar-refractivity contribution in [1.82, 2.24) is 15.0 Å². The molecule has 35 heavy (non-hydrogen) atoms. The van der Waals surface area contributed by atoms with Gasteiger partial charge in [-0.2, -0.15) is 0 Å². The highest BCUT2D eigenvalue weighted by Crippen LogP contribution is 2.27. The zero-order valence-corrected chi connectivity index (χ0v) is 20.1. The van der Waals surface area contributed by atoms with E-state index in [9.17, 15) is 13.2 Å². The molecule has 0 fully saturated rings. The number of hydrogen-bond donors (Lipinski definition) is 3. The molecule has 0 saturated heterocycles. The average molecular weight is 513 g/mol. The Labute approximate surface area is 206 Å². The lowest BCUT2D eigenvalue weighted by atomic mass is 10.1. The summed E-state index contributed by atoms with van der Waals surface area (Å²) in [6.07, 6.45) is 0.975. The van der Waals surface area contributed by atoms with Gasteiger partial charge in [0.15, 0.2) is 5.65 Å². The first-order chi connectivity index (χ1) is 16.7. The van der Waals surface area contributed by atoms with Gasteiger partial charge in [-0.25, -0.2) is 33.3 Å². The minimum atomic E-state index is -3.77. The zero-order valence-electron chi connectivity index (χ0n) is 18.5. The Morgan fingerprint density at radius 1 is 1.09 bits per heavy atom. The first-order valence-electron chi connectivity index (χ1n) is 10.5. The van der Waals surface area contributed by atoms with E-state index in [1.165, 1.54) is 12.1 Å². The molecule has 0 saturated carbocycles. The van der Waals surface area contributed by atoms with E-state index in [2.05, 4.69) is 25.6 Å². The van der Waals surface area contributed by atoms with E-state index in [0.717, 1.165) is 11.1 Å². The van der Waals surface area contributed by atoms with Crippen LogP contribution in [0.2, 0.25) is 5.02 Å². The molecule has 0 bridgehead atoms. The molecule has 1 amide bonds. The molecule has 0 radical (unpaired) electrons. The molecule has 0 atom stereocenters. The largest absolute Gasteiger partial charge is 0.450 e. The Morgan fingerprint density at radius 2 is 1.80 bits per heavy atom. The van der Waals surface area contributed by atoms with E-state index in [1.807, 2.05) is 12.1 Å². The molecule has 10 nitrogen and oxygen atoms in total. The fraction of sp³-hybridized carbons (Fsp3) is 0.130. The number of benzene rings is 2. The van der Waals surface area contributed by atoms with Gasteiger partial charge in [-0.15, -0.1) is 0 Å². The zero-order chi connectivity index (χ0) is 25.0. The van der Waals surface area contributed by atoms with Crippen LogP contribution in [0, 0.1) is 0 Å². The van der Waals surface area contributed by atoms with Crippen LogP contribution in [0.5, 0.6) is 0 Å². The van der Waals surface area contributed by atoms with Gasteiger partial charge in [-0.05, 0) is 36.8 Å². The molecule has 4 aromatic rings. The molecule has 0 aliphatic carbocycles. The first kappa shape index (κ1) is 24.3. The molecule has 0 aliphatic heterocycles. The maximum Gasteiger partial charge on any atom is 0.412 e. The summed E-state index contributed by atoms with van der Waals surface area (Å²) < 4.78 is 27.9. The molecule has 12 heteroatoms. The van der Waals surface area contributed by atoms with Crippen molar-refractivity contribution in [1.29, 1.82) is 0 Å². The Bertz CT molecular complexity index is 1480. The van der Waals surface area contributed by atoms with Gasteiger partial charge in [0.05, 0.1) is 29.1 Å². The molecule has 2 heterocycles. The third-order valence-electron chi connectivity index (χ3n) is 4.90. The Morgan fingerprint density at radius 3 is 2.46 bits per heavy atom. The number of primary sulfonamides is 1. The van der Waals surface area contributed by atoms with Crippen molar-refractivity contribution in [3.63, 3.8) is 0 Å². The van der Waals surface area contributed by atoms with Crippen LogP contribution in [-0.2, 0) is 21.3 Å². The van der Waals surface area contributed by atoms with Crippen molar-refractivity contribution in [2.24, 2.45) is 5.14 Å². The van der Waals surface area contributed by atoms with Gasteiger partial charge >= 0.3 is 6.09 Å². The highest BCUT2D eigenvalue weighted by Gasteiger charge is 2.13. The second-order valence-electron chi connectivity index (χ2n) is 7.38. The van der Waals surface area contributed by atoms with Gasteiger partial charge in [-0.3, -0.25) is 5.32 Å². The van der Waals surface area contributed by atoms with Crippen LogP contribution >= 0.6 is 11.6 Å². The molecular weight excluding hydrogens is 492 g/mol. The van der Waals surface area contributed by atoms with Crippen molar-refractivity contribution in [3.05, 3.63) is 71.4 Å². The number of hydrogen-bond acceptors (Lipinski definition) is 8. The van der Waals surface area contributed by atoms with Crippen LogP contribution in [0.4, 0.5) is 16.3 Å². The molecule has 0 spiro atoms. The quantitative estimate of drug-likeness (QED) is 0.334. The number of amides is 1. The fourth-order valence-electron chi connectivity index (χ4n) is 3.22. The number of halogens is 1. The number of nitrogens with one attached hydrogen (secondary N) is 2. The number of nitrogens with two attached hydrogens (primary N) is 1. The van der Waals surface area contributed by atoms with Crippen molar-refractivity contribution >= 4 is 50.4 Å². The summed E-state index contributed by atoms with van der Waals surface area (Å²) in [6, 6.07) is 14.9. The highest BCUT2D eigenvalue weighted by atomic mass is 35.5. The molecule has 0 aliphatic rings. The second kappa shape index (κ2) is 10.2. The van der Waals surface area contributed by atoms with E-state index in [0.29, 0.717) is 34.1 Å². The molecule has 0 unspecified atom stereocenters. The molecule has 2 aromatic heterocycles. The van der Waals surface area contributed by atoms with Gasteiger partial charge in [0.2, 0.25) is 10.0 Å². The number of sulfonamides is 1. The number of nitrogens with zero attached hydrogens (tertiary/aromatic N) is 3. The van der Waals surface area contributed by atoms with Crippen molar-refractivity contribution in [2.45, 2.75) is 18.4 Å². The van der Waals surface area contributed by atoms with Gasteiger partial charge in [0.25, 0.3) is 0 Å². The number of carbonyl (C=O) groups is 1. The number of pyridine rings is 1. The predicted molar refractivity (Wildman–Crippen MR) is 134 cm³/mol. The van der Waals surface area contributed by atoms with Gasteiger partial charge in [0.1, 0.15) is 11.3 Å². The van der Waals surface area contributed by atoms with Crippen LogP contribution in [0.25, 0.3) is 22.4 Å². The number of anilines is 2. The monoisotopic (exact) mass is 512 g/mol. The predicted octanol–water partition coefficient (Wildman–Crippen LogP) is 4.17. The number of aromatic nitrogens is 3. The van der Waals surface area contributed by atoms with Crippen LogP contribution in [0.3, 0.4) is 0 Å². The van der Waals surface area contributed by atoms with Crippen molar-refractivity contribution in [3.8, 4) is 11.3 Å². The van der Waals surface area contributed by atoms with Gasteiger partial charge < -0.3 is 10.1 Å². The smallest absolute Gasteiger partial charge is 0.412 e. The number of fused-ring (bicyclic) bond motifs is 1. The highest BCUT2D eigenvalue weighted by molar-refractivity contribution is 7.89. The fourth-order valence-corrected chi connectivity index (χ4v) is 3.86. The second-order valence-corrected chi connectivity index (χ2v) is 9.38. The molecule has 180 valence electrons. The van der Waals surface area contributed by atoms with Crippen LogP contribution in [0.1, 0.15) is 12.5 Å². The van der Waals surface area contributed by atoms with E-state index in [4.69, 9.17) is 21.5 Å². The third-order valence-corrected chi connectivity index (χ3v) is 6.08. The standard InChI is InChI=1S/C23H21ClN6O4S/c1-2-34-23(31)30-20-11-18(26-12-14-3-9-17(10-4-14)35(25,32)33)21-22(29-20)28-19(13-27-21)15-5-7-16(24)8-6-15/h3-11,13H,2,12H2,1H3,(H2,25,32,33)(H2,26,28,29,30,31). The maximum atomic E-state index is 12.0. The topological polar surface area (TPSA) is 149 Å². The van der Waals surface area contributed by atoms with Crippen LogP contribution in [0.15, 0.2) is 65.7 Å². The minimum absolute atomic E-state index is 0.0251. The molecule has 2 aromatic carbocycles. The van der Waals surface area contributed by atoms with Crippen LogP contribution < -0.4 is 15.8 Å². The van der Waals surface area contributed by atoms with E-state index in [-0.39, 0.29) is 17.3 Å². The maximum absolute atomic E-state index is 12.0. The Hall–Kier alpha value is -3.80. The third kappa shape index (κ3) is 6.01. The van der Waals surface area contributed by atoms with E-state index < -0.39 is 16.1 Å². The number of ether oxygens (including phenoxy) is 1. The van der Waals surface area contributed by atoms with E-state index in [1.54, 1.807) is 43.5 Å². The lowest BCUT2D eigenvalue weighted by Crippen LogP contribution is -2.15. The lowest BCUT2D eigenvalue weighted by Gasteiger charge is -2.13. The lowest BCUT2D eigenvalue weighted by molar-refractivity contribution is 0.168. The normalized spacial score (nSPS) is 11.3. The van der Waals surface area contributed by atoms with Gasteiger partial charge in [-0.1, -0.05) is 35.9 Å². The summed E-state index contributed by atoms with van der Waals surface area (Å²) in [5.74, 6) is 0.227. The summed E-state index contributed by atoms with van der Waals surface area (Å²) in [6.45, 7) is 2.24.